The second-order valence-corrected chi connectivity index (χ2v) is 5.97. The number of hydrogen-bond acceptors (Lipinski definition) is 4. The fraction of sp³-hybridized carbons (Fsp3) is 0.600. The van der Waals surface area contributed by atoms with Gasteiger partial charge in [0.05, 0.1) is 17.7 Å². The number of esters is 2. The normalized spacial score (nSPS) is 11.8. The van der Waals surface area contributed by atoms with Crippen molar-refractivity contribution in [1.29, 1.82) is 0 Å². The van der Waals surface area contributed by atoms with Crippen LogP contribution in [-0.4, -0.2) is 24.6 Å². The van der Waals surface area contributed by atoms with Crippen molar-refractivity contribution in [2.45, 2.75) is 71.8 Å². The summed E-state index contributed by atoms with van der Waals surface area (Å²) in [6, 6.07) is 6.70. The van der Waals surface area contributed by atoms with Crippen molar-refractivity contribution >= 4 is 11.9 Å². The maximum absolute atomic E-state index is 12.4. The van der Waals surface area contributed by atoms with E-state index in [2.05, 4.69) is 13.8 Å². The van der Waals surface area contributed by atoms with Gasteiger partial charge in [0.2, 0.25) is 0 Å². The van der Waals surface area contributed by atoms with E-state index in [-0.39, 0.29) is 17.2 Å². The monoisotopic (exact) mass is 334 g/mol. The molecule has 0 aliphatic heterocycles. The zero-order chi connectivity index (χ0) is 17.8. The Bertz CT molecular complexity index is 510. The molecule has 0 bridgehead atoms. The lowest BCUT2D eigenvalue weighted by Gasteiger charge is -2.16. The van der Waals surface area contributed by atoms with E-state index in [4.69, 9.17) is 9.47 Å². The van der Waals surface area contributed by atoms with Crippen LogP contribution in [0.3, 0.4) is 0 Å². The molecule has 1 aromatic carbocycles. The molecule has 1 aromatic rings. The molecule has 0 amide bonds. The van der Waals surface area contributed by atoms with E-state index in [1.165, 1.54) is 0 Å². The molecule has 4 heteroatoms. The van der Waals surface area contributed by atoms with Gasteiger partial charge in [0.15, 0.2) is 0 Å². The van der Waals surface area contributed by atoms with E-state index >= 15 is 0 Å². The van der Waals surface area contributed by atoms with Crippen LogP contribution in [0.1, 0.15) is 86.4 Å². The van der Waals surface area contributed by atoms with Gasteiger partial charge < -0.3 is 9.47 Å². The summed E-state index contributed by atoms with van der Waals surface area (Å²) < 4.78 is 10.8. The van der Waals surface area contributed by atoms with Gasteiger partial charge in [-0.1, -0.05) is 58.6 Å². The molecule has 0 heterocycles. The Morgan fingerprint density at radius 3 is 2.17 bits per heavy atom. The fourth-order valence-corrected chi connectivity index (χ4v) is 2.49. The van der Waals surface area contributed by atoms with Crippen molar-refractivity contribution in [2.75, 3.05) is 6.61 Å². The summed E-state index contributed by atoms with van der Waals surface area (Å²) in [6.07, 6.45) is 6.60. The quantitative estimate of drug-likeness (QED) is 0.414. The van der Waals surface area contributed by atoms with Crippen molar-refractivity contribution in [3.63, 3.8) is 0 Å². The largest absolute Gasteiger partial charge is 0.462 e. The van der Waals surface area contributed by atoms with Gasteiger partial charge in [-0.2, -0.15) is 0 Å². The fourth-order valence-electron chi connectivity index (χ4n) is 2.49. The average Bonchev–Trinajstić information content (AvgIpc) is 2.60. The molecular weight excluding hydrogens is 304 g/mol. The lowest BCUT2D eigenvalue weighted by Crippen LogP contribution is -2.20. The van der Waals surface area contributed by atoms with E-state index in [1.807, 2.05) is 6.92 Å². The van der Waals surface area contributed by atoms with E-state index in [9.17, 15) is 9.59 Å². The highest BCUT2D eigenvalue weighted by atomic mass is 16.5. The molecule has 0 saturated carbocycles. The highest BCUT2D eigenvalue weighted by Gasteiger charge is 2.21. The first-order valence-corrected chi connectivity index (χ1v) is 9.11. The minimum absolute atomic E-state index is 0.111. The van der Waals surface area contributed by atoms with Gasteiger partial charge in [-0.05, 0) is 31.4 Å². The van der Waals surface area contributed by atoms with Gasteiger partial charge in [0, 0.05) is 0 Å². The number of benzene rings is 1. The van der Waals surface area contributed by atoms with Crippen LogP contribution in [-0.2, 0) is 9.47 Å². The molecule has 0 aliphatic carbocycles. The van der Waals surface area contributed by atoms with Crippen LogP contribution in [0, 0.1) is 0 Å². The van der Waals surface area contributed by atoms with Gasteiger partial charge >= 0.3 is 11.9 Å². The van der Waals surface area contributed by atoms with Crippen LogP contribution >= 0.6 is 0 Å². The first-order chi connectivity index (χ1) is 11.6. The molecule has 1 atom stereocenters. The van der Waals surface area contributed by atoms with Crippen LogP contribution in [0.2, 0.25) is 0 Å². The predicted molar refractivity (Wildman–Crippen MR) is 95.3 cm³/mol. The molecule has 1 unspecified atom stereocenters. The Kier molecular flexibility index (Phi) is 9.81. The predicted octanol–water partition coefficient (Wildman–Crippen LogP) is 5.16. The second kappa shape index (κ2) is 11.7. The molecule has 1 rings (SSSR count). The molecule has 0 spiro atoms. The molecule has 0 aliphatic rings. The maximum Gasteiger partial charge on any atom is 0.339 e. The van der Waals surface area contributed by atoms with Gasteiger partial charge in [-0.15, -0.1) is 0 Å². The third-order valence-corrected chi connectivity index (χ3v) is 3.94. The second-order valence-electron chi connectivity index (χ2n) is 5.97. The van der Waals surface area contributed by atoms with Crippen LogP contribution in [0.15, 0.2) is 24.3 Å². The number of carbonyl (C=O) groups excluding carboxylic acids is 2. The number of unbranched alkanes of at least 4 members (excludes halogenated alkanes) is 3. The first kappa shape index (κ1) is 20.2. The Balaban J connectivity index is 2.69. The van der Waals surface area contributed by atoms with Crippen LogP contribution in [0.5, 0.6) is 0 Å². The summed E-state index contributed by atoms with van der Waals surface area (Å²) in [5.74, 6) is -0.906. The van der Waals surface area contributed by atoms with Crippen LogP contribution in [0.25, 0.3) is 0 Å². The Morgan fingerprint density at radius 1 is 0.917 bits per heavy atom. The Hall–Kier alpha value is -1.84. The third kappa shape index (κ3) is 6.73. The SMILES string of the molecule is CCCCCCOC(=O)c1ccccc1C(=O)OC(CC)CCC. The summed E-state index contributed by atoms with van der Waals surface area (Å²) in [5, 5.41) is 0. The zero-order valence-electron chi connectivity index (χ0n) is 15.2. The number of rotatable bonds is 11. The van der Waals surface area contributed by atoms with Crippen molar-refractivity contribution in [1.82, 2.24) is 0 Å². The molecule has 24 heavy (non-hydrogen) atoms. The van der Waals surface area contributed by atoms with E-state index in [1.54, 1.807) is 24.3 Å². The highest BCUT2D eigenvalue weighted by molar-refractivity contribution is 6.03. The Morgan fingerprint density at radius 2 is 1.58 bits per heavy atom. The summed E-state index contributed by atoms with van der Waals surface area (Å²) >= 11 is 0. The molecule has 134 valence electrons. The minimum atomic E-state index is -0.456. The Labute approximate surface area is 145 Å². The van der Waals surface area contributed by atoms with E-state index < -0.39 is 11.9 Å². The molecule has 0 N–H and O–H groups in total. The first-order valence-electron chi connectivity index (χ1n) is 9.11. The summed E-state index contributed by atoms with van der Waals surface area (Å²) in [5.41, 5.74) is 0.565. The van der Waals surface area contributed by atoms with Crippen molar-refractivity contribution in [3.8, 4) is 0 Å². The molecule has 0 radical (unpaired) electrons. The van der Waals surface area contributed by atoms with Gasteiger partial charge in [-0.3, -0.25) is 0 Å². The van der Waals surface area contributed by atoms with Gasteiger partial charge in [0.25, 0.3) is 0 Å². The summed E-state index contributed by atoms with van der Waals surface area (Å²) in [7, 11) is 0. The topological polar surface area (TPSA) is 52.6 Å². The number of ether oxygens (including phenoxy) is 2. The number of carbonyl (C=O) groups is 2. The molecule has 0 fully saturated rings. The maximum atomic E-state index is 12.4. The lowest BCUT2D eigenvalue weighted by molar-refractivity contribution is 0.0262. The third-order valence-electron chi connectivity index (χ3n) is 3.94. The van der Waals surface area contributed by atoms with Crippen molar-refractivity contribution < 1.29 is 19.1 Å². The smallest absolute Gasteiger partial charge is 0.339 e. The highest BCUT2D eigenvalue weighted by Crippen LogP contribution is 2.16. The molecule has 4 nitrogen and oxygen atoms in total. The van der Waals surface area contributed by atoms with Crippen LogP contribution in [0.4, 0.5) is 0 Å². The van der Waals surface area contributed by atoms with Crippen molar-refractivity contribution in [3.05, 3.63) is 35.4 Å². The molecular formula is C20H30O4. The van der Waals surface area contributed by atoms with E-state index in [0.29, 0.717) is 6.61 Å². The number of hydrogen-bond donors (Lipinski definition) is 0. The van der Waals surface area contributed by atoms with Crippen LogP contribution < -0.4 is 0 Å². The van der Waals surface area contributed by atoms with E-state index in [0.717, 1.165) is 44.9 Å². The zero-order valence-corrected chi connectivity index (χ0v) is 15.2. The standard InChI is InChI=1S/C20H30O4/c1-4-7-8-11-15-23-19(21)17-13-9-10-14-18(17)20(22)24-16(6-3)12-5-2/h9-10,13-14,16H,4-8,11-12,15H2,1-3H3. The summed E-state index contributed by atoms with van der Waals surface area (Å²) in [6.45, 7) is 6.57. The lowest BCUT2D eigenvalue weighted by atomic mass is 10.1. The van der Waals surface area contributed by atoms with Crippen molar-refractivity contribution in [2.24, 2.45) is 0 Å². The average molecular weight is 334 g/mol. The van der Waals surface area contributed by atoms with Gasteiger partial charge in [-0.25, -0.2) is 9.59 Å². The minimum Gasteiger partial charge on any atom is -0.462 e. The molecule has 0 aromatic heterocycles. The van der Waals surface area contributed by atoms with Gasteiger partial charge in [0.1, 0.15) is 6.10 Å². The summed E-state index contributed by atoms with van der Waals surface area (Å²) in [4.78, 5) is 24.7. The molecule has 0 saturated heterocycles.